The fraction of sp³-hybridized carbons (Fsp3) is 0.545. The number of anilines is 2. The van der Waals surface area contributed by atoms with Gasteiger partial charge in [0.15, 0.2) is 0 Å². The summed E-state index contributed by atoms with van der Waals surface area (Å²) in [4.78, 5) is 16.5. The molecule has 0 radical (unpaired) electrons. The number of nitrogens with two attached hydrogens (primary N) is 1. The van der Waals surface area contributed by atoms with Crippen LogP contribution in [-0.4, -0.2) is 23.0 Å². The predicted octanol–water partition coefficient (Wildman–Crippen LogP) is 1.81. The quantitative estimate of drug-likeness (QED) is 0.622. The molecule has 17 heavy (non-hydrogen) atoms. The van der Waals surface area contributed by atoms with E-state index in [0.29, 0.717) is 11.7 Å². The van der Waals surface area contributed by atoms with Gasteiger partial charge in [-0.2, -0.15) is 0 Å². The molecule has 92 valence electrons. The van der Waals surface area contributed by atoms with Crippen LogP contribution < -0.4 is 10.6 Å². The highest BCUT2D eigenvalue weighted by Gasteiger charge is 2.25. The molecule has 0 unspecified atom stereocenters. The molecule has 0 amide bonds. The summed E-state index contributed by atoms with van der Waals surface area (Å²) >= 11 is 0. The maximum Gasteiger partial charge on any atom is 0.276 e. The summed E-state index contributed by atoms with van der Waals surface area (Å²) in [5.41, 5.74) is 5.60. The fourth-order valence-electron chi connectivity index (χ4n) is 1.79. The second-order valence-electron chi connectivity index (χ2n) is 4.35. The van der Waals surface area contributed by atoms with Gasteiger partial charge in [-0.15, -0.1) is 0 Å². The van der Waals surface area contributed by atoms with Crippen molar-refractivity contribution in [3.63, 3.8) is 0 Å². The molecule has 1 aromatic heterocycles. The van der Waals surface area contributed by atoms with Gasteiger partial charge in [0, 0.05) is 13.1 Å². The van der Waals surface area contributed by atoms with Crippen molar-refractivity contribution < 1.29 is 4.92 Å². The zero-order valence-electron chi connectivity index (χ0n) is 9.80. The molecule has 1 aliphatic rings. The zero-order chi connectivity index (χ0) is 12.4. The van der Waals surface area contributed by atoms with Crippen molar-refractivity contribution >= 4 is 17.3 Å². The van der Waals surface area contributed by atoms with Crippen LogP contribution in [0.25, 0.3) is 0 Å². The molecule has 1 aromatic rings. The standard InChI is InChI=1S/C11H16N4O2/c1-2-14(7-8-3-4-8)11-6-9(15(16)17)5-10(12)13-11/h5-6,8H,2-4,7H2,1H3,(H2,12,13). The lowest BCUT2D eigenvalue weighted by Gasteiger charge is -2.21. The Morgan fingerprint density at radius 2 is 2.29 bits per heavy atom. The van der Waals surface area contributed by atoms with Gasteiger partial charge in [-0.1, -0.05) is 0 Å². The first-order valence-electron chi connectivity index (χ1n) is 5.77. The van der Waals surface area contributed by atoms with Gasteiger partial charge in [-0.3, -0.25) is 10.1 Å². The second kappa shape index (κ2) is 4.57. The van der Waals surface area contributed by atoms with Crippen LogP contribution in [0.2, 0.25) is 0 Å². The van der Waals surface area contributed by atoms with E-state index in [0.717, 1.165) is 13.1 Å². The minimum Gasteiger partial charge on any atom is -0.383 e. The van der Waals surface area contributed by atoms with Gasteiger partial charge < -0.3 is 10.6 Å². The molecule has 0 aromatic carbocycles. The van der Waals surface area contributed by atoms with Crippen molar-refractivity contribution in [2.24, 2.45) is 5.92 Å². The van der Waals surface area contributed by atoms with E-state index in [-0.39, 0.29) is 11.5 Å². The van der Waals surface area contributed by atoms with Gasteiger partial charge in [0.1, 0.15) is 11.6 Å². The van der Waals surface area contributed by atoms with E-state index in [1.54, 1.807) is 0 Å². The van der Waals surface area contributed by atoms with Crippen molar-refractivity contribution in [2.75, 3.05) is 23.7 Å². The SMILES string of the molecule is CCN(CC1CC1)c1cc([N+](=O)[O-])cc(N)n1. The third kappa shape index (κ3) is 2.83. The molecular weight excluding hydrogens is 220 g/mol. The van der Waals surface area contributed by atoms with Gasteiger partial charge in [0.2, 0.25) is 0 Å². The maximum absolute atomic E-state index is 10.8. The molecule has 2 N–H and O–H groups in total. The minimum absolute atomic E-state index is 0.00162. The molecule has 0 saturated heterocycles. The third-order valence-electron chi connectivity index (χ3n) is 2.91. The van der Waals surface area contributed by atoms with Crippen LogP contribution in [0.1, 0.15) is 19.8 Å². The van der Waals surface area contributed by atoms with E-state index >= 15 is 0 Å². The number of nitrogen functional groups attached to an aromatic ring is 1. The van der Waals surface area contributed by atoms with Gasteiger partial charge in [-0.25, -0.2) is 4.98 Å². The van der Waals surface area contributed by atoms with E-state index in [9.17, 15) is 10.1 Å². The molecule has 0 bridgehead atoms. The Bertz CT molecular complexity index is 431. The van der Waals surface area contributed by atoms with Crippen molar-refractivity contribution in [2.45, 2.75) is 19.8 Å². The number of pyridine rings is 1. The number of hydrogen-bond donors (Lipinski definition) is 1. The minimum atomic E-state index is -0.438. The summed E-state index contributed by atoms with van der Waals surface area (Å²) < 4.78 is 0. The van der Waals surface area contributed by atoms with Gasteiger partial charge in [0.25, 0.3) is 5.69 Å². The van der Waals surface area contributed by atoms with E-state index in [1.165, 1.54) is 25.0 Å². The summed E-state index contributed by atoms with van der Waals surface area (Å²) in [5, 5.41) is 10.8. The smallest absolute Gasteiger partial charge is 0.276 e. The Kier molecular flexibility index (Phi) is 3.12. The first kappa shape index (κ1) is 11.6. The molecule has 0 atom stereocenters. The monoisotopic (exact) mass is 236 g/mol. The Labute approximate surface area is 99.6 Å². The molecule has 6 heteroatoms. The molecule has 1 aliphatic carbocycles. The topological polar surface area (TPSA) is 85.3 Å². The number of aromatic nitrogens is 1. The van der Waals surface area contributed by atoms with E-state index in [1.807, 2.05) is 11.8 Å². The maximum atomic E-state index is 10.8. The number of nitrogens with zero attached hydrogens (tertiary/aromatic N) is 3. The summed E-state index contributed by atoms with van der Waals surface area (Å²) in [7, 11) is 0. The van der Waals surface area contributed by atoms with Crippen LogP contribution in [0.15, 0.2) is 12.1 Å². The summed E-state index contributed by atoms with van der Waals surface area (Å²) in [6.45, 7) is 3.70. The Balaban J connectivity index is 2.24. The van der Waals surface area contributed by atoms with E-state index in [2.05, 4.69) is 4.98 Å². The Hall–Kier alpha value is -1.85. The summed E-state index contributed by atoms with van der Waals surface area (Å²) in [6, 6.07) is 2.77. The zero-order valence-corrected chi connectivity index (χ0v) is 9.80. The van der Waals surface area contributed by atoms with Crippen LogP contribution in [0.3, 0.4) is 0 Å². The fourth-order valence-corrected chi connectivity index (χ4v) is 1.79. The Morgan fingerprint density at radius 1 is 1.59 bits per heavy atom. The second-order valence-corrected chi connectivity index (χ2v) is 4.35. The summed E-state index contributed by atoms with van der Waals surface area (Å²) in [5.74, 6) is 1.51. The van der Waals surface area contributed by atoms with Crippen molar-refractivity contribution in [3.8, 4) is 0 Å². The molecule has 1 heterocycles. The lowest BCUT2D eigenvalue weighted by molar-refractivity contribution is -0.384. The van der Waals surface area contributed by atoms with Gasteiger partial charge >= 0.3 is 0 Å². The molecule has 0 spiro atoms. The molecule has 1 saturated carbocycles. The van der Waals surface area contributed by atoms with E-state index in [4.69, 9.17) is 5.73 Å². The van der Waals surface area contributed by atoms with Crippen molar-refractivity contribution in [1.29, 1.82) is 0 Å². The predicted molar refractivity (Wildman–Crippen MR) is 65.9 cm³/mol. The molecule has 2 rings (SSSR count). The largest absolute Gasteiger partial charge is 0.383 e. The molecule has 1 fully saturated rings. The lowest BCUT2D eigenvalue weighted by Crippen LogP contribution is -2.26. The first-order chi connectivity index (χ1) is 8.10. The average Bonchev–Trinajstić information content (AvgIpc) is 3.08. The highest BCUT2D eigenvalue weighted by Crippen LogP contribution is 2.31. The van der Waals surface area contributed by atoms with Gasteiger partial charge in [-0.05, 0) is 25.7 Å². The summed E-state index contributed by atoms with van der Waals surface area (Å²) in [6.07, 6.45) is 2.47. The highest BCUT2D eigenvalue weighted by molar-refractivity contribution is 5.54. The first-order valence-corrected chi connectivity index (χ1v) is 5.77. The molecular formula is C11H16N4O2. The van der Waals surface area contributed by atoms with Crippen LogP contribution in [0, 0.1) is 16.0 Å². The van der Waals surface area contributed by atoms with Crippen LogP contribution >= 0.6 is 0 Å². The highest BCUT2D eigenvalue weighted by atomic mass is 16.6. The van der Waals surface area contributed by atoms with Crippen LogP contribution in [0.4, 0.5) is 17.3 Å². The van der Waals surface area contributed by atoms with Crippen LogP contribution in [0.5, 0.6) is 0 Å². The number of hydrogen-bond acceptors (Lipinski definition) is 5. The lowest BCUT2D eigenvalue weighted by atomic mass is 10.3. The van der Waals surface area contributed by atoms with Crippen molar-refractivity contribution in [3.05, 3.63) is 22.2 Å². The van der Waals surface area contributed by atoms with Gasteiger partial charge in [0.05, 0.1) is 17.1 Å². The van der Waals surface area contributed by atoms with Crippen LogP contribution in [-0.2, 0) is 0 Å². The average molecular weight is 236 g/mol. The van der Waals surface area contributed by atoms with E-state index < -0.39 is 4.92 Å². The normalized spacial score (nSPS) is 14.6. The molecule has 6 nitrogen and oxygen atoms in total. The third-order valence-corrected chi connectivity index (χ3v) is 2.91. The molecule has 0 aliphatic heterocycles. The number of rotatable bonds is 5. The number of nitro groups is 1. The van der Waals surface area contributed by atoms with Crippen molar-refractivity contribution in [1.82, 2.24) is 4.98 Å². The Morgan fingerprint density at radius 3 is 2.82 bits per heavy atom.